The van der Waals surface area contributed by atoms with E-state index < -0.39 is 34.3 Å². The normalized spacial score (nSPS) is 21.4. The van der Waals surface area contributed by atoms with Crippen molar-refractivity contribution >= 4 is 17.7 Å². The summed E-state index contributed by atoms with van der Waals surface area (Å²) >= 11 is 0. The lowest BCUT2D eigenvalue weighted by molar-refractivity contribution is -0.450. The molecule has 1 fully saturated rings. The van der Waals surface area contributed by atoms with Crippen LogP contribution in [-0.2, 0) is 33.9 Å². The molecule has 0 aromatic rings. The van der Waals surface area contributed by atoms with E-state index in [0.717, 1.165) is 25.7 Å². The van der Waals surface area contributed by atoms with Crippen molar-refractivity contribution in [3.8, 4) is 0 Å². The van der Waals surface area contributed by atoms with Gasteiger partial charge in [-0.1, -0.05) is 47.0 Å². The SMILES string of the molecule is CCCCC(CC)COC(=O)OOC(C)(CCC(C)C)C(=O)C(C)(C)C(=O)C1(C)COO1. The Hall–Kier alpha value is -1.51. The molecule has 0 aromatic heterocycles. The Morgan fingerprint density at radius 2 is 1.72 bits per heavy atom. The van der Waals surface area contributed by atoms with Crippen LogP contribution < -0.4 is 0 Å². The fraction of sp³-hybridized carbons (Fsp3) is 0.875. The zero-order chi connectivity index (χ0) is 24.6. The summed E-state index contributed by atoms with van der Waals surface area (Å²) in [6, 6.07) is 0. The lowest BCUT2D eigenvalue weighted by atomic mass is 9.70. The fourth-order valence-electron chi connectivity index (χ4n) is 3.76. The van der Waals surface area contributed by atoms with Crippen LogP contribution in [0.3, 0.4) is 0 Å². The van der Waals surface area contributed by atoms with Crippen LogP contribution in [0.2, 0.25) is 0 Å². The van der Waals surface area contributed by atoms with Crippen LogP contribution in [0.15, 0.2) is 0 Å². The van der Waals surface area contributed by atoms with Crippen molar-refractivity contribution in [2.24, 2.45) is 17.3 Å². The molecule has 1 saturated heterocycles. The lowest BCUT2D eigenvalue weighted by Gasteiger charge is -2.41. The standard InChI is InChI=1S/C24H42O8/c1-9-11-12-18(10-2)15-28-21(27)30-32-23(7,14-13-17(3)4)19(25)22(5,6)20(26)24(8)16-29-31-24/h17-18H,9-16H2,1-8H3. The smallest absolute Gasteiger partial charge is 0.432 e. The van der Waals surface area contributed by atoms with Gasteiger partial charge < -0.3 is 4.74 Å². The number of hydrogen-bond acceptors (Lipinski definition) is 8. The number of carbonyl (C=O) groups is 3. The van der Waals surface area contributed by atoms with Crippen LogP contribution in [0.5, 0.6) is 0 Å². The van der Waals surface area contributed by atoms with Gasteiger partial charge >= 0.3 is 6.16 Å². The summed E-state index contributed by atoms with van der Waals surface area (Å²) in [5, 5.41) is 0. The Labute approximate surface area is 192 Å². The zero-order valence-electron chi connectivity index (χ0n) is 21.1. The summed E-state index contributed by atoms with van der Waals surface area (Å²) in [7, 11) is 0. The molecule has 186 valence electrons. The number of Topliss-reactive ketones (excluding diaryl/α,β-unsaturated/α-hetero) is 2. The molecule has 32 heavy (non-hydrogen) atoms. The first-order chi connectivity index (χ1) is 14.8. The highest BCUT2D eigenvalue weighted by atomic mass is 17.2. The lowest BCUT2D eigenvalue weighted by Crippen LogP contribution is -2.60. The van der Waals surface area contributed by atoms with Crippen LogP contribution in [0, 0.1) is 17.3 Å². The minimum Gasteiger partial charge on any atom is -0.432 e. The molecule has 0 radical (unpaired) electrons. The molecule has 0 spiro atoms. The third kappa shape index (κ3) is 7.52. The topological polar surface area (TPSA) is 97.4 Å². The van der Waals surface area contributed by atoms with E-state index in [4.69, 9.17) is 24.3 Å². The van der Waals surface area contributed by atoms with Crippen molar-refractivity contribution in [3.63, 3.8) is 0 Å². The molecule has 3 unspecified atom stereocenters. The monoisotopic (exact) mass is 458 g/mol. The highest BCUT2D eigenvalue weighted by Crippen LogP contribution is 2.38. The Kier molecular flexibility index (Phi) is 10.8. The predicted molar refractivity (Wildman–Crippen MR) is 119 cm³/mol. The van der Waals surface area contributed by atoms with Gasteiger partial charge in [-0.2, -0.15) is 4.89 Å². The first kappa shape index (κ1) is 28.5. The molecule has 1 heterocycles. The second-order valence-corrected chi connectivity index (χ2v) is 10.2. The minimum atomic E-state index is -1.52. The van der Waals surface area contributed by atoms with E-state index in [0.29, 0.717) is 6.42 Å². The zero-order valence-corrected chi connectivity index (χ0v) is 21.1. The molecular weight excluding hydrogens is 416 g/mol. The number of ether oxygens (including phenoxy) is 1. The van der Waals surface area contributed by atoms with Gasteiger partial charge in [-0.25, -0.2) is 14.6 Å². The van der Waals surface area contributed by atoms with Crippen LogP contribution in [-0.4, -0.2) is 42.1 Å². The van der Waals surface area contributed by atoms with E-state index in [1.165, 1.54) is 20.8 Å². The van der Waals surface area contributed by atoms with Gasteiger partial charge in [-0.05, 0) is 58.8 Å². The van der Waals surface area contributed by atoms with Crippen molar-refractivity contribution in [1.82, 2.24) is 0 Å². The van der Waals surface area contributed by atoms with Crippen LogP contribution >= 0.6 is 0 Å². The van der Waals surface area contributed by atoms with E-state index in [1.54, 1.807) is 6.92 Å². The van der Waals surface area contributed by atoms with E-state index in [9.17, 15) is 14.4 Å². The van der Waals surface area contributed by atoms with E-state index in [-0.39, 0.29) is 31.5 Å². The Morgan fingerprint density at radius 3 is 2.19 bits per heavy atom. The average molecular weight is 459 g/mol. The van der Waals surface area contributed by atoms with Gasteiger partial charge in [0.05, 0.1) is 12.0 Å². The second kappa shape index (κ2) is 12.1. The van der Waals surface area contributed by atoms with Crippen LogP contribution in [0.25, 0.3) is 0 Å². The molecule has 1 aliphatic rings. The summed E-state index contributed by atoms with van der Waals surface area (Å²) in [5.74, 6) is -0.376. The second-order valence-electron chi connectivity index (χ2n) is 10.2. The number of ketones is 2. The van der Waals surface area contributed by atoms with Crippen molar-refractivity contribution in [1.29, 1.82) is 0 Å². The molecule has 1 rings (SSSR count). The van der Waals surface area contributed by atoms with Crippen molar-refractivity contribution in [3.05, 3.63) is 0 Å². The first-order valence-electron chi connectivity index (χ1n) is 11.7. The van der Waals surface area contributed by atoms with E-state index >= 15 is 0 Å². The highest BCUT2D eigenvalue weighted by Gasteiger charge is 2.57. The minimum absolute atomic E-state index is 0.0750. The summed E-state index contributed by atoms with van der Waals surface area (Å²) in [5.41, 5.74) is -4.15. The number of rotatable bonds is 15. The largest absolute Gasteiger partial charge is 0.540 e. The molecule has 8 nitrogen and oxygen atoms in total. The molecule has 0 aromatic carbocycles. The molecular formula is C24H42O8. The van der Waals surface area contributed by atoms with Gasteiger partial charge in [0.25, 0.3) is 0 Å². The molecule has 0 amide bonds. The third-order valence-corrected chi connectivity index (χ3v) is 6.15. The maximum atomic E-state index is 13.5. The molecule has 0 aliphatic carbocycles. The van der Waals surface area contributed by atoms with Gasteiger partial charge in [0.2, 0.25) is 0 Å². The fourth-order valence-corrected chi connectivity index (χ4v) is 3.76. The Morgan fingerprint density at radius 1 is 1.09 bits per heavy atom. The summed E-state index contributed by atoms with van der Waals surface area (Å²) in [6.07, 6.45) is 3.91. The number of carbonyl (C=O) groups excluding carboxylic acids is 3. The van der Waals surface area contributed by atoms with Gasteiger partial charge in [0, 0.05) is 0 Å². The molecule has 0 bridgehead atoms. The highest BCUT2D eigenvalue weighted by molar-refractivity contribution is 6.12. The van der Waals surface area contributed by atoms with Crippen molar-refractivity contribution < 1.29 is 38.7 Å². The summed E-state index contributed by atoms with van der Waals surface area (Å²) in [4.78, 5) is 58.7. The van der Waals surface area contributed by atoms with Crippen molar-refractivity contribution in [2.75, 3.05) is 13.2 Å². The van der Waals surface area contributed by atoms with Gasteiger partial charge in [-0.15, -0.1) is 0 Å². The predicted octanol–water partition coefficient (Wildman–Crippen LogP) is 5.37. The maximum Gasteiger partial charge on any atom is 0.540 e. The molecule has 3 atom stereocenters. The van der Waals surface area contributed by atoms with Crippen molar-refractivity contribution in [2.45, 2.75) is 105 Å². The van der Waals surface area contributed by atoms with Gasteiger partial charge in [0.1, 0.15) is 6.61 Å². The molecule has 8 heteroatoms. The van der Waals surface area contributed by atoms with Crippen LogP contribution in [0.1, 0.15) is 93.9 Å². The van der Waals surface area contributed by atoms with E-state index in [1.807, 2.05) is 20.8 Å². The molecule has 1 aliphatic heterocycles. The Bertz CT molecular complexity index is 638. The summed E-state index contributed by atoms with van der Waals surface area (Å²) in [6.45, 7) is 14.7. The first-order valence-corrected chi connectivity index (χ1v) is 11.7. The van der Waals surface area contributed by atoms with Gasteiger partial charge in [0.15, 0.2) is 22.8 Å². The molecule has 0 N–H and O–H groups in total. The maximum absolute atomic E-state index is 13.5. The summed E-state index contributed by atoms with van der Waals surface area (Å²) < 4.78 is 5.21. The number of hydrogen-bond donors (Lipinski definition) is 0. The van der Waals surface area contributed by atoms with Gasteiger partial charge in [-0.3, -0.25) is 14.5 Å². The third-order valence-electron chi connectivity index (χ3n) is 6.15. The number of unbranched alkanes of at least 4 members (excludes halogenated alkanes) is 1. The van der Waals surface area contributed by atoms with E-state index in [2.05, 4.69) is 6.92 Å². The molecule has 0 saturated carbocycles. The quantitative estimate of drug-likeness (QED) is 0.140. The average Bonchev–Trinajstić information content (AvgIpc) is 2.73. The van der Waals surface area contributed by atoms with Crippen LogP contribution in [0.4, 0.5) is 4.79 Å². The Balaban J connectivity index is 2.85.